The smallest absolute Gasteiger partial charge is 0.212 e. The van der Waals surface area contributed by atoms with Crippen LogP contribution in [0.5, 0.6) is 0 Å². The van der Waals surface area contributed by atoms with Gasteiger partial charge in [-0.15, -0.1) is 0 Å². The van der Waals surface area contributed by atoms with Gasteiger partial charge in [0.2, 0.25) is 0 Å². The summed E-state index contributed by atoms with van der Waals surface area (Å²) >= 11 is 0. The number of rotatable bonds is 3. The van der Waals surface area contributed by atoms with Crippen molar-refractivity contribution in [2.75, 3.05) is 6.54 Å². The van der Waals surface area contributed by atoms with E-state index >= 15 is 0 Å². The molecule has 0 heterocycles. The summed E-state index contributed by atoms with van der Waals surface area (Å²) in [6, 6.07) is 36.0. The number of sulfonamides is 1. The highest BCUT2D eigenvalue weighted by Gasteiger charge is 2.21. The third-order valence-electron chi connectivity index (χ3n) is 5.20. The fourth-order valence-corrected chi connectivity index (χ4v) is 4.37. The molecule has 174 valence electrons. The first-order valence-electron chi connectivity index (χ1n) is 11.3. The van der Waals surface area contributed by atoms with E-state index in [1.165, 1.54) is 0 Å². The molecule has 36 heavy (non-hydrogen) atoms. The van der Waals surface area contributed by atoms with Gasteiger partial charge in [-0.2, -0.15) is 0 Å². The Hall–Kier alpha value is -4.69. The number of nitrogens with zero attached hydrogens (tertiary/aromatic N) is 1. The van der Waals surface area contributed by atoms with E-state index in [0.29, 0.717) is 0 Å². The average Bonchev–Trinajstić information content (AvgIpc) is 2.91. The van der Waals surface area contributed by atoms with Crippen LogP contribution in [0.3, 0.4) is 0 Å². The fourth-order valence-electron chi connectivity index (χ4n) is 3.24. The molecule has 0 aliphatic carbocycles. The van der Waals surface area contributed by atoms with Gasteiger partial charge in [-0.05, 0) is 61.4 Å². The minimum absolute atomic E-state index is 0.0868. The highest BCUT2D eigenvalue weighted by Crippen LogP contribution is 2.16. The van der Waals surface area contributed by atoms with E-state index in [1.807, 2.05) is 91.9 Å². The molecule has 0 unspecified atom stereocenters. The van der Waals surface area contributed by atoms with Gasteiger partial charge in [0, 0.05) is 28.3 Å². The van der Waals surface area contributed by atoms with Gasteiger partial charge in [0.05, 0.1) is 4.90 Å². The topological polar surface area (TPSA) is 37.4 Å². The van der Waals surface area contributed by atoms with E-state index in [1.54, 1.807) is 24.3 Å². The van der Waals surface area contributed by atoms with Crippen LogP contribution >= 0.6 is 0 Å². The molecule has 0 aliphatic rings. The molecule has 3 nitrogen and oxygen atoms in total. The Bertz CT molecular complexity index is 1620. The van der Waals surface area contributed by atoms with E-state index in [0.717, 1.165) is 32.1 Å². The number of benzene rings is 4. The molecule has 0 fully saturated rings. The highest BCUT2D eigenvalue weighted by molar-refractivity contribution is 7.89. The van der Waals surface area contributed by atoms with Crippen molar-refractivity contribution < 1.29 is 8.42 Å². The summed E-state index contributed by atoms with van der Waals surface area (Å²) in [6.07, 6.45) is 0. The molecule has 0 saturated heterocycles. The second-order valence-corrected chi connectivity index (χ2v) is 9.75. The molecule has 0 N–H and O–H groups in total. The molecule has 0 atom stereocenters. The maximum Gasteiger partial charge on any atom is 0.271 e. The third-order valence-corrected chi connectivity index (χ3v) is 6.86. The lowest BCUT2D eigenvalue weighted by molar-refractivity contribution is 0.535. The maximum atomic E-state index is 13.4. The lowest BCUT2D eigenvalue weighted by atomic mass is 10.1. The standard InChI is InChI=1S/C32H23NO2S/c1-27-18-22-32(23-19-27)36(34,35)33(26-24-29-13-6-3-7-14-29)25-10-17-30-15-8-9-16-31(30)21-20-28-11-4-2-5-12-28/h2-9,11-16,18-19,22-23H,25H2,1H3. The summed E-state index contributed by atoms with van der Waals surface area (Å²) in [5.74, 6) is 15.3. The Morgan fingerprint density at radius 1 is 0.611 bits per heavy atom. The summed E-state index contributed by atoms with van der Waals surface area (Å²) in [5, 5.41) is 0. The summed E-state index contributed by atoms with van der Waals surface area (Å²) in [4.78, 5) is 0.173. The highest BCUT2D eigenvalue weighted by atomic mass is 32.2. The molecule has 4 aromatic rings. The van der Waals surface area contributed by atoms with Crippen LogP contribution in [0.25, 0.3) is 0 Å². The minimum Gasteiger partial charge on any atom is -0.212 e. The lowest BCUT2D eigenvalue weighted by Crippen LogP contribution is -2.27. The minimum atomic E-state index is -3.87. The van der Waals surface area contributed by atoms with Gasteiger partial charge in [-0.3, -0.25) is 0 Å². The molecule has 4 aromatic carbocycles. The molecule has 0 spiro atoms. The predicted octanol–water partition coefficient (Wildman–Crippen LogP) is 5.45. The van der Waals surface area contributed by atoms with Gasteiger partial charge in [-0.1, -0.05) is 89.9 Å². The van der Waals surface area contributed by atoms with Crippen molar-refractivity contribution in [3.63, 3.8) is 0 Å². The van der Waals surface area contributed by atoms with E-state index in [9.17, 15) is 8.42 Å². The van der Waals surface area contributed by atoms with Crippen molar-refractivity contribution in [3.05, 3.63) is 137 Å². The van der Waals surface area contributed by atoms with Crippen LogP contribution in [0.1, 0.15) is 27.8 Å². The van der Waals surface area contributed by atoms with Crippen molar-refractivity contribution in [1.29, 1.82) is 0 Å². The summed E-state index contributed by atoms with van der Waals surface area (Å²) in [6.45, 7) is 1.82. The largest absolute Gasteiger partial charge is 0.271 e. The molecule has 0 saturated carbocycles. The summed E-state index contributed by atoms with van der Waals surface area (Å²) in [5.41, 5.74) is 4.11. The Morgan fingerprint density at radius 3 is 1.75 bits per heavy atom. The first-order chi connectivity index (χ1) is 17.5. The van der Waals surface area contributed by atoms with Crippen LogP contribution in [0.4, 0.5) is 0 Å². The van der Waals surface area contributed by atoms with Crippen LogP contribution in [0.15, 0.2) is 114 Å². The number of hydrogen-bond donors (Lipinski definition) is 0. The van der Waals surface area contributed by atoms with E-state index < -0.39 is 10.0 Å². The Balaban J connectivity index is 1.65. The molecule has 0 radical (unpaired) electrons. The molecule has 4 heteroatoms. The normalized spacial score (nSPS) is 10.0. The summed E-state index contributed by atoms with van der Waals surface area (Å²) < 4.78 is 27.8. The van der Waals surface area contributed by atoms with Gasteiger partial charge < -0.3 is 0 Å². The van der Waals surface area contributed by atoms with Crippen LogP contribution in [-0.2, 0) is 10.0 Å². The number of hydrogen-bond acceptors (Lipinski definition) is 2. The Morgan fingerprint density at radius 2 is 1.14 bits per heavy atom. The first-order valence-corrected chi connectivity index (χ1v) is 12.8. The van der Waals surface area contributed by atoms with Crippen molar-refractivity contribution in [2.24, 2.45) is 0 Å². The maximum absolute atomic E-state index is 13.4. The molecule has 0 aromatic heterocycles. The molecule has 0 amide bonds. The zero-order valence-electron chi connectivity index (χ0n) is 19.8. The van der Waals surface area contributed by atoms with Crippen LogP contribution in [0, 0.1) is 42.6 Å². The lowest BCUT2D eigenvalue weighted by Gasteiger charge is -2.15. The second-order valence-electron chi connectivity index (χ2n) is 7.89. The fraction of sp³-hybridized carbons (Fsp3) is 0.0625. The van der Waals surface area contributed by atoms with Crippen molar-refractivity contribution in [2.45, 2.75) is 11.8 Å². The van der Waals surface area contributed by atoms with Crippen LogP contribution in [-0.4, -0.2) is 19.3 Å². The van der Waals surface area contributed by atoms with Crippen molar-refractivity contribution in [3.8, 4) is 35.6 Å². The second kappa shape index (κ2) is 11.6. The van der Waals surface area contributed by atoms with E-state index in [4.69, 9.17) is 0 Å². The average molecular weight is 486 g/mol. The molecule has 0 aliphatic heterocycles. The quantitative estimate of drug-likeness (QED) is 0.286. The van der Waals surface area contributed by atoms with Crippen LogP contribution in [0.2, 0.25) is 0 Å². The van der Waals surface area contributed by atoms with Gasteiger partial charge in [0.25, 0.3) is 10.0 Å². The van der Waals surface area contributed by atoms with Crippen molar-refractivity contribution >= 4 is 10.0 Å². The van der Waals surface area contributed by atoms with Gasteiger partial charge >= 0.3 is 0 Å². The first kappa shape index (κ1) is 24.4. The zero-order chi connectivity index (χ0) is 25.2. The van der Waals surface area contributed by atoms with Gasteiger partial charge in [0.1, 0.15) is 6.54 Å². The van der Waals surface area contributed by atoms with E-state index in [2.05, 4.69) is 35.6 Å². The monoisotopic (exact) mass is 485 g/mol. The SMILES string of the molecule is Cc1ccc(S(=O)(=O)N(C#Cc2ccccc2)CC#Cc2ccccc2C#Cc2ccccc2)cc1. The zero-order valence-corrected chi connectivity index (χ0v) is 20.6. The summed E-state index contributed by atoms with van der Waals surface area (Å²) in [7, 11) is -3.87. The predicted molar refractivity (Wildman–Crippen MR) is 144 cm³/mol. The van der Waals surface area contributed by atoms with E-state index in [-0.39, 0.29) is 11.4 Å². The van der Waals surface area contributed by atoms with Crippen LogP contribution < -0.4 is 0 Å². The van der Waals surface area contributed by atoms with Crippen molar-refractivity contribution in [1.82, 2.24) is 4.31 Å². The molecule has 4 rings (SSSR count). The number of aryl methyl sites for hydroxylation is 1. The Labute approximate surface area is 213 Å². The molecule has 0 bridgehead atoms. The third kappa shape index (κ3) is 6.46. The van der Waals surface area contributed by atoms with Gasteiger partial charge in [0.15, 0.2) is 0 Å². The van der Waals surface area contributed by atoms with Gasteiger partial charge in [-0.25, -0.2) is 12.7 Å². The molecular formula is C32H23NO2S. The molecular weight excluding hydrogens is 462 g/mol. The Kier molecular flexibility index (Phi) is 7.90.